The van der Waals surface area contributed by atoms with Gasteiger partial charge in [-0.15, -0.1) is 0 Å². The molecule has 4 heteroatoms. The van der Waals surface area contributed by atoms with Crippen LogP contribution >= 0.6 is 0 Å². The molecule has 2 aliphatic rings. The van der Waals surface area contributed by atoms with Crippen molar-refractivity contribution in [3.05, 3.63) is 0 Å². The summed E-state index contributed by atoms with van der Waals surface area (Å²) < 4.78 is 0. The van der Waals surface area contributed by atoms with Crippen molar-refractivity contribution in [3.8, 4) is 0 Å². The molecule has 66 valence electrons. The van der Waals surface area contributed by atoms with E-state index in [4.69, 9.17) is 10.3 Å². The van der Waals surface area contributed by atoms with E-state index in [0.717, 1.165) is 6.42 Å². The molecule has 0 saturated heterocycles. The van der Waals surface area contributed by atoms with E-state index in [1.807, 2.05) is 0 Å². The van der Waals surface area contributed by atoms with E-state index in [0.29, 0.717) is 30.9 Å². The standard InChI is InChI=1S/C8H11NO3/c10-7(11)8-2-1-5(4-8)3-6(8)9-12/h5,12H,1-4H2,(H,10,11)/b9-6+. The van der Waals surface area contributed by atoms with Gasteiger partial charge in [0, 0.05) is 0 Å². The van der Waals surface area contributed by atoms with Crippen molar-refractivity contribution in [2.75, 3.05) is 0 Å². The summed E-state index contributed by atoms with van der Waals surface area (Å²) >= 11 is 0. The van der Waals surface area contributed by atoms with Crippen LogP contribution in [0.3, 0.4) is 0 Å². The third kappa shape index (κ3) is 0.722. The molecule has 12 heavy (non-hydrogen) atoms. The second-order valence-corrected chi connectivity index (χ2v) is 3.75. The third-order valence-corrected chi connectivity index (χ3v) is 3.18. The lowest BCUT2D eigenvalue weighted by molar-refractivity contribution is -0.144. The van der Waals surface area contributed by atoms with E-state index in [2.05, 4.69) is 5.16 Å². The van der Waals surface area contributed by atoms with Crippen LogP contribution in [-0.2, 0) is 4.79 Å². The molecule has 0 aliphatic heterocycles. The summed E-state index contributed by atoms with van der Waals surface area (Å²) in [4.78, 5) is 11.0. The molecule has 2 atom stereocenters. The molecule has 2 aliphatic carbocycles. The van der Waals surface area contributed by atoms with Crippen LogP contribution in [0.5, 0.6) is 0 Å². The van der Waals surface area contributed by atoms with E-state index in [9.17, 15) is 4.79 Å². The van der Waals surface area contributed by atoms with Gasteiger partial charge in [-0.25, -0.2) is 0 Å². The molecule has 0 heterocycles. The number of hydrogen-bond donors (Lipinski definition) is 2. The highest BCUT2D eigenvalue weighted by atomic mass is 16.4. The van der Waals surface area contributed by atoms with E-state index >= 15 is 0 Å². The molecule has 0 radical (unpaired) electrons. The van der Waals surface area contributed by atoms with Crippen LogP contribution in [0.2, 0.25) is 0 Å². The molecule has 2 fully saturated rings. The van der Waals surface area contributed by atoms with Crippen molar-refractivity contribution in [3.63, 3.8) is 0 Å². The number of carboxylic acids is 1. The number of fused-ring (bicyclic) bond motifs is 2. The minimum Gasteiger partial charge on any atom is -0.481 e. The van der Waals surface area contributed by atoms with Crippen molar-refractivity contribution >= 4 is 11.7 Å². The maximum Gasteiger partial charge on any atom is 0.315 e. The van der Waals surface area contributed by atoms with Crippen LogP contribution in [0.15, 0.2) is 5.16 Å². The highest BCUT2D eigenvalue weighted by Gasteiger charge is 2.55. The Balaban J connectivity index is 2.39. The summed E-state index contributed by atoms with van der Waals surface area (Å²) in [5, 5.41) is 20.7. The number of hydrogen-bond acceptors (Lipinski definition) is 3. The van der Waals surface area contributed by atoms with Gasteiger partial charge in [-0.05, 0) is 31.6 Å². The lowest BCUT2D eigenvalue weighted by Crippen LogP contribution is -2.34. The Bertz CT molecular complexity index is 261. The zero-order chi connectivity index (χ0) is 8.77. The van der Waals surface area contributed by atoms with Crippen LogP contribution in [-0.4, -0.2) is 22.0 Å². The predicted molar refractivity (Wildman–Crippen MR) is 41.2 cm³/mol. The van der Waals surface area contributed by atoms with Crippen LogP contribution in [0.1, 0.15) is 25.7 Å². The quantitative estimate of drug-likeness (QED) is 0.456. The smallest absolute Gasteiger partial charge is 0.315 e. The average molecular weight is 169 g/mol. The molecule has 2 saturated carbocycles. The van der Waals surface area contributed by atoms with Crippen molar-refractivity contribution < 1.29 is 15.1 Å². The molecule has 4 nitrogen and oxygen atoms in total. The maximum atomic E-state index is 11.0. The van der Waals surface area contributed by atoms with Gasteiger partial charge in [0.15, 0.2) is 0 Å². The van der Waals surface area contributed by atoms with Crippen molar-refractivity contribution in [1.29, 1.82) is 0 Å². The molecule has 2 bridgehead atoms. The molecule has 2 unspecified atom stereocenters. The Morgan fingerprint density at radius 3 is 2.83 bits per heavy atom. The van der Waals surface area contributed by atoms with Gasteiger partial charge in [-0.1, -0.05) is 5.16 Å². The molecule has 0 aromatic carbocycles. The molecule has 2 rings (SSSR count). The molecular formula is C8H11NO3. The Kier molecular flexibility index (Phi) is 1.40. The first-order chi connectivity index (χ1) is 5.69. The van der Waals surface area contributed by atoms with Gasteiger partial charge in [-0.2, -0.15) is 0 Å². The van der Waals surface area contributed by atoms with Crippen molar-refractivity contribution in [1.82, 2.24) is 0 Å². The number of aliphatic carboxylic acids is 1. The number of oxime groups is 1. The number of carbonyl (C=O) groups is 1. The van der Waals surface area contributed by atoms with Crippen LogP contribution in [0.25, 0.3) is 0 Å². The Labute approximate surface area is 69.9 Å². The summed E-state index contributed by atoms with van der Waals surface area (Å²) in [6.07, 6.45) is 2.95. The highest BCUT2D eigenvalue weighted by Crippen LogP contribution is 2.52. The fourth-order valence-corrected chi connectivity index (χ4v) is 2.51. The van der Waals surface area contributed by atoms with E-state index in [1.54, 1.807) is 0 Å². The van der Waals surface area contributed by atoms with Gasteiger partial charge in [0.1, 0.15) is 5.41 Å². The maximum absolute atomic E-state index is 11.0. The largest absolute Gasteiger partial charge is 0.481 e. The SMILES string of the molecule is O=C(O)C12CCC(C/C1=N\O)C2. The monoisotopic (exact) mass is 169 g/mol. The number of rotatable bonds is 1. The van der Waals surface area contributed by atoms with Gasteiger partial charge >= 0.3 is 5.97 Å². The lowest BCUT2D eigenvalue weighted by Gasteiger charge is -2.21. The predicted octanol–water partition coefficient (Wildman–Crippen LogP) is 1.09. The highest BCUT2D eigenvalue weighted by molar-refractivity contribution is 6.08. The molecule has 0 aromatic rings. The Morgan fingerprint density at radius 2 is 2.42 bits per heavy atom. The normalized spacial score (nSPS) is 42.3. The molecule has 2 N–H and O–H groups in total. The summed E-state index contributed by atoms with van der Waals surface area (Å²) in [7, 11) is 0. The second kappa shape index (κ2) is 2.21. The third-order valence-electron chi connectivity index (χ3n) is 3.18. The van der Waals surface area contributed by atoms with Crippen LogP contribution in [0.4, 0.5) is 0 Å². The Hall–Kier alpha value is -1.06. The molecular weight excluding hydrogens is 158 g/mol. The zero-order valence-electron chi connectivity index (χ0n) is 6.66. The van der Waals surface area contributed by atoms with E-state index in [1.165, 1.54) is 0 Å². The summed E-state index contributed by atoms with van der Waals surface area (Å²) in [6.45, 7) is 0. The number of nitrogens with zero attached hydrogens (tertiary/aromatic N) is 1. The van der Waals surface area contributed by atoms with Crippen molar-refractivity contribution in [2.45, 2.75) is 25.7 Å². The molecule has 0 aromatic heterocycles. The minimum atomic E-state index is -0.824. The summed E-state index contributed by atoms with van der Waals surface area (Å²) in [6, 6.07) is 0. The first-order valence-electron chi connectivity index (χ1n) is 4.14. The van der Waals surface area contributed by atoms with Gasteiger partial charge < -0.3 is 10.3 Å². The lowest BCUT2D eigenvalue weighted by atomic mass is 9.83. The summed E-state index contributed by atoms with van der Waals surface area (Å²) in [5.74, 6) is -0.387. The van der Waals surface area contributed by atoms with Gasteiger partial charge in [-0.3, -0.25) is 4.79 Å². The second-order valence-electron chi connectivity index (χ2n) is 3.75. The Morgan fingerprint density at radius 1 is 1.67 bits per heavy atom. The van der Waals surface area contributed by atoms with Gasteiger partial charge in [0.25, 0.3) is 0 Å². The average Bonchev–Trinajstić information content (AvgIpc) is 2.60. The van der Waals surface area contributed by atoms with E-state index in [-0.39, 0.29) is 0 Å². The van der Waals surface area contributed by atoms with Crippen LogP contribution < -0.4 is 0 Å². The summed E-state index contributed by atoms with van der Waals surface area (Å²) in [5.41, 5.74) is -0.328. The van der Waals surface area contributed by atoms with Gasteiger partial charge in [0.2, 0.25) is 0 Å². The zero-order valence-corrected chi connectivity index (χ0v) is 6.66. The first kappa shape index (κ1) is 7.58. The van der Waals surface area contributed by atoms with Gasteiger partial charge in [0.05, 0.1) is 5.71 Å². The fourth-order valence-electron chi connectivity index (χ4n) is 2.51. The molecule has 0 amide bonds. The van der Waals surface area contributed by atoms with E-state index < -0.39 is 11.4 Å². The molecule has 0 spiro atoms. The van der Waals surface area contributed by atoms with Crippen LogP contribution in [0, 0.1) is 11.3 Å². The topological polar surface area (TPSA) is 69.9 Å². The van der Waals surface area contributed by atoms with Crippen molar-refractivity contribution in [2.24, 2.45) is 16.5 Å². The fraction of sp³-hybridized carbons (Fsp3) is 0.750. The minimum absolute atomic E-state index is 0.437. The first-order valence-corrected chi connectivity index (χ1v) is 4.14. The number of carboxylic acid groups (broad SMARTS) is 1.